The molecule has 0 unspecified atom stereocenters. The Morgan fingerprint density at radius 2 is 2.00 bits per heavy atom. The number of hydrogen-bond acceptors (Lipinski definition) is 1. The quantitative estimate of drug-likeness (QED) is 0.806. The lowest BCUT2D eigenvalue weighted by atomic mass is 9.69. The van der Waals surface area contributed by atoms with Crippen molar-refractivity contribution in [3.8, 4) is 0 Å². The van der Waals surface area contributed by atoms with Crippen LogP contribution in [0.4, 0.5) is 0 Å². The van der Waals surface area contributed by atoms with Crippen LogP contribution >= 0.6 is 0 Å². The van der Waals surface area contributed by atoms with E-state index in [1.807, 2.05) is 0 Å². The summed E-state index contributed by atoms with van der Waals surface area (Å²) in [6.45, 7) is 2.22. The van der Waals surface area contributed by atoms with Crippen LogP contribution in [0.2, 0.25) is 0 Å². The normalized spacial score (nSPS) is 32.2. The largest absolute Gasteiger partial charge is 0.390 e. The molecular formula is C15H20O. The number of fused-ring (bicyclic) bond motifs is 1. The van der Waals surface area contributed by atoms with Crippen LogP contribution in [0.15, 0.2) is 18.2 Å². The predicted molar refractivity (Wildman–Crippen MR) is 65.5 cm³/mol. The molecule has 0 amide bonds. The zero-order valence-corrected chi connectivity index (χ0v) is 10.00. The van der Waals surface area contributed by atoms with Gasteiger partial charge in [0.2, 0.25) is 0 Å². The van der Waals surface area contributed by atoms with Crippen molar-refractivity contribution in [1.82, 2.24) is 0 Å². The van der Waals surface area contributed by atoms with Crippen molar-refractivity contribution in [2.24, 2.45) is 5.92 Å². The van der Waals surface area contributed by atoms with Gasteiger partial charge in [-0.2, -0.15) is 0 Å². The molecule has 0 saturated heterocycles. The molecule has 3 rings (SSSR count). The summed E-state index contributed by atoms with van der Waals surface area (Å²) in [4.78, 5) is 0. The first-order valence-electron chi connectivity index (χ1n) is 6.48. The van der Waals surface area contributed by atoms with Crippen molar-refractivity contribution in [2.75, 3.05) is 0 Å². The van der Waals surface area contributed by atoms with Gasteiger partial charge in [-0.1, -0.05) is 25.1 Å². The Balaban J connectivity index is 1.76. The SMILES string of the molecule is CC1CC(O)(Cc2ccc3c(c2)CCC3)C1. The van der Waals surface area contributed by atoms with Crippen LogP contribution < -0.4 is 0 Å². The maximum Gasteiger partial charge on any atom is 0.0693 e. The summed E-state index contributed by atoms with van der Waals surface area (Å²) in [6.07, 6.45) is 6.59. The maximum atomic E-state index is 10.3. The van der Waals surface area contributed by atoms with Gasteiger partial charge in [0.15, 0.2) is 0 Å². The molecule has 0 bridgehead atoms. The summed E-state index contributed by atoms with van der Waals surface area (Å²) in [5.74, 6) is 0.708. The standard InChI is InChI=1S/C15H20O/c1-11-8-15(16,9-11)10-12-5-6-13-3-2-4-14(13)7-12/h5-7,11,16H,2-4,8-10H2,1H3. The van der Waals surface area contributed by atoms with E-state index >= 15 is 0 Å². The summed E-state index contributed by atoms with van der Waals surface area (Å²) in [5, 5.41) is 10.3. The van der Waals surface area contributed by atoms with Gasteiger partial charge < -0.3 is 5.11 Å². The molecule has 1 aromatic carbocycles. The summed E-state index contributed by atoms with van der Waals surface area (Å²) in [6, 6.07) is 6.80. The Kier molecular flexibility index (Phi) is 2.32. The van der Waals surface area contributed by atoms with Crippen molar-refractivity contribution < 1.29 is 5.11 Å². The number of benzene rings is 1. The minimum absolute atomic E-state index is 0.397. The first kappa shape index (κ1) is 10.3. The van der Waals surface area contributed by atoms with E-state index in [0.29, 0.717) is 5.92 Å². The van der Waals surface area contributed by atoms with Crippen molar-refractivity contribution >= 4 is 0 Å². The molecule has 1 nitrogen and oxygen atoms in total. The molecule has 16 heavy (non-hydrogen) atoms. The molecule has 1 heteroatoms. The van der Waals surface area contributed by atoms with Gasteiger partial charge in [0.1, 0.15) is 0 Å². The smallest absolute Gasteiger partial charge is 0.0693 e. The van der Waals surface area contributed by atoms with E-state index in [1.165, 1.54) is 36.0 Å². The van der Waals surface area contributed by atoms with Crippen LogP contribution in [0, 0.1) is 5.92 Å². The average molecular weight is 216 g/mol. The van der Waals surface area contributed by atoms with Crippen LogP contribution in [-0.2, 0) is 19.3 Å². The molecule has 0 radical (unpaired) electrons. The lowest BCUT2D eigenvalue weighted by Crippen LogP contribution is -2.44. The molecule has 0 heterocycles. The molecule has 0 spiro atoms. The first-order chi connectivity index (χ1) is 7.65. The van der Waals surface area contributed by atoms with Crippen LogP contribution in [0.5, 0.6) is 0 Å². The van der Waals surface area contributed by atoms with Crippen LogP contribution in [0.1, 0.15) is 42.9 Å². The van der Waals surface area contributed by atoms with Crippen LogP contribution in [-0.4, -0.2) is 10.7 Å². The molecule has 2 aliphatic carbocycles. The summed E-state index contributed by atoms with van der Waals surface area (Å²) in [5.41, 5.74) is 3.98. The molecule has 1 saturated carbocycles. The fraction of sp³-hybridized carbons (Fsp3) is 0.600. The Labute approximate surface area is 97.5 Å². The minimum Gasteiger partial charge on any atom is -0.390 e. The number of rotatable bonds is 2. The first-order valence-corrected chi connectivity index (χ1v) is 6.48. The van der Waals surface area contributed by atoms with Crippen molar-refractivity contribution in [3.05, 3.63) is 34.9 Å². The number of aryl methyl sites for hydroxylation is 2. The Morgan fingerprint density at radius 3 is 2.75 bits per heavy atom. The molecule has 0 aliphatic heterocycles. The van der Waals surface area contributed by atoms with Crippen molar-refractivity contribution in [3.63, 3.8) is 0 Å². The second kappa shape index (κ2) is 3.59. The Bertz CT molecular complexity index is 402. The maximum absolute atomic E-state index is 10.3. The lowest BCUT2D eigenvalue weighted by Gasteiger charge is -2.42. The second-order valence-electron chi connectivity index (χ2n) is 5.87. The van der Waals surface area contributed by atoms with E-state index in [2.05, 4.69) is 25.1 Å². The van der Waals surface area contributed by atoms with Gasteiger partial charge in [0.25, 0.3) is 0 Å². The molecule has 2 aliphatic rings. The summed E-state index contributed by atoms with van der Waals surface area (Å²) < 4.78 is 0. The molecule has 1 N–H and O–H groups in total. The topological polar surface area (TPSA) is 20.2 Å². The van der Waals surface area contributed by atoms with Gasteiger partial charge in [0.05, 0.1) is 5.60 Å². The highest BCUT2D eigenvalue weighted by molar-refractivity contribution is 5.36. The number of aliphatic hydroxyl groups is 1. The monoisotopic (exact) mass is 216 g/mol. The van der Waals surface area contributed by atoms with E-state index in [9.17, 15) is 5.11 Å². The van der Waals surface area contributed by atoms with E-state index in [-0.39, 0.29) is 0 Å². The van der Waals surface area contributed by atoms with E-state index < -0.39 is 5.60 Å². The fourth-order valence-corrected chi connectivity index (χ4v) is 3.50. The molecule has 1 aromatic rings. The lowest BCUT2D eigenvalue weighted by molar-refractivity contribution is -0.0665. The van der Waals surface area contributed by atoms with E-state index in [1.54, 1.807) is 0 Å². The Hall–Kier alpha value is -0.820. The van der Waals surface area contributed by atoms with E-state index in [4.69, 9.17) is 0 Å². The zero-order valence-electron chi connectivity index (χ0n) is 10.00. The van der Waals surface area contributed by atoms with Gasteiger partial charge in [-0.05, 0) is 54.7 Å². The third-order valence-corrected chi connectivity index (χ3v) is 4.15. The third kappa shape index (κ3) is 1.78. The summed E-state index contributed by atoms with van der Waals surface area (Å²) in [7, 11) is 0. The highest BCUT2D eigenvalue weighted by atomic mass is 16.3. The Morgan fingerprint density at radius 1 is 1.25 bits per heavy atom. The highest BCUT2D eigenvalue weighted by Crippen LogP contribution is 2.40. The second-order valence-corrected chi connectivity index (χ2v) is 5.87. The van der Waals surface area contributed by atoms with Crippen LogP contribution in [0.3, 0.4) is 0 Å². The number of hydrogen-bond donors (Lipinski definition) is 1. The van der Waals surface area contributed by atoms with Gasteiger partial charge in [-0.25, -0.2) is 0 Å². The minimum atomic E-state index is -0.397. The van der Waals surface area contributed by atoms with Gasteiger partial charge in [-0.3, -0.25) is 0 Å². The van der Waals surface area contributed by atoms with Gasteiger partial charge in [0, 0.05) is 6.42 Å². The molecule has 86 valence electrons. The van der Waals surface area contributed by atoms with Gasteiger partial charge in [-0.15, -0.1) is 0 Å². The molecule has 1 fully saturated rings. The molecular weight excluding hydrogens is 196 g/mol. The summed E-state index contributed by atoms with van der Waals surface area (Å²) >= 11 is 0. The molecule has 0 aromatic heterocycles. The highest BCUT2D eigenvalue weighted by Gasteiger charge is 2.39. The van der Waals surface area contributed by atoms with E-state index in [0.717, 1.165) is 19.3 Å². The fourth-order valence-electron chi connectivity index (χ4n) is 3.50. The zero-order chi connectivity index (χ0) is 11.2. The third-order valence-electron chi connectivity index (χ3n) is 4.15. The van der Waals surface area contributed by atoms with Crippen molar-refractivity contribution in [2.45, 2.75) is 51.0 Å². The average Bonchev–Trinajstić information content (AvgIpc) is 2.62. The molecule has 0 atom stereocenters. The van der Waals surface area contributed by atoms with Crippen LogP contribution in [0.25, 0.3) is 0 Å². The predicted octanol–water partition coefficient (Wildman–Crippen LogP) is 2.88. The van der Waals surface area contributed by atoms with Gasteiger partial charge >= 0.3 is 0 Å². The van der Waals surface area contributed by atoms with Crippen molar-refractivity contribution in [1.29, 1.82) is 0 Å².